The van der Waals surface area contributed by atoms with E-state index < -0.39 is 16.0 Å². The highest BCUT2D eigenvalue weighted by Crippen LogP contribution is 2.07. The number of carbonyl (C=O) groups is 1. The number of nitrogens with zero attached hydrogens (tertiary/aromatic N) is 2. The van der Waals surface area contributed by atoms with Crippen LogP contribution in [0.2, 0.25) is 0 Å². The van der Waals surface area contributed by atoms with Crippen molar-refractivity contribution in [3.05, 3.63) is 12.4 Å². The van der Waals surface area contributed by atoms with E-state index in [-0.39, 0.29) is 31.1 Å². The maximum absolute atomic E-state index is 11.7. The van der Waals surface area contributed by atoms with Crippen LogP contribution in [0.1, 0.15) is 6.42 Å². The molecule has 1 aromatic heterocycles. The molecule has 19 heavy (non-hydrogen) atoms. The summed E-state index contributed by atoms with van der Waals surface area (Å²) in [7, 11) is -2.35. The molecular formula is C9H15N3O6S. The third-order valence-electron chi connectivity index (χ3n) is 2.03. The first-order chi connectivity index (χ1) is 8.95. The summed E-state index contributed by atoms with van der Waals surface area (Å²) in [5.74, 6) is -0.985. The fourth-order valence-electron chi connectivity index (χ4n) is 1.11. The molecule has 9 nitrogen and oxygen atoms in total. The Labute approximate surface area is 110 Å². The highest BCUT2D eigenvalue weighted by molar-refractivity contribution is 7.89. The first-order valence-electron chi connectivity index (χ1n) is 5.32. The average molecular weight is 293 g/mol. The standard InChI is InChI=1S/C9H15N3O6S/c1-17-4-5-18-11-19(15,16)8-6-10-12(7-8)3-2-9(13)14/h6-7,11H,2-5H2,1H3,(H,13,14). The van der Waals surface area contributed by atoms with Crippen molar-refractivity contribution in [3.8, 4) is 0 Å². The SMILES string of the molecule is COCCONS(=O)(=O)c1cnn(CCC(=O)O)c1. The van der Waals surface area contributed by atoms with E-state index in [1.54, 1.807) is 0 Å². The molecule has 0 radical (unpaired) electrons. The molecule has 2 N–H and O–H groups in total. The van der Waals surface area contributed by atoms with Gasteiger partial charge < -0.3 is 9.84 Å². The zero-order valence-electron chi connectivity index (χ0n) is 10.3. The van der Waals surface area contributed by atoms with Gasteiger partial charge in [-0.25, -0.2) is 8.42 Å². The normalized spacial score (nSPS) is 11.6. The number of hydrogen-bond acceptors (Lipinski definition) is 6. The van der Waals surface area contributed by atoms with Crippen LogP contribution in [-0.2, 0) is 30.9 Å². The van der Waals surface area contributed by atoms with Crippen LogP contribution in [0.5, 0.6) is 0 Å². The lowest BCUT2D eigenvalue weighted by molar-refractivity contribution is -0.137. The second-order valence-electron chi connectivity index (χ2n) is 3.51. The van der Waals surface area contributed by atoms with Gasteiger partial charge in [-0.1, -0.05) is 4.89 Å². The van der Waals surface area contributed by atoms with Crippen molar-refractivity contribution >= 4 is 16.0 Å². The van der Waals surface area contributed by atoms with Gasteiger partial charge in [0.1, 0.15) is 4.90 Å². The predicted octanol–water partition coefficient (Wildman–Crippen LogP) is -0.786. The molecule has 1 rings (SSSR count). The Balaban J connectivity index is 2.56. The smallest absolute Gasteiger partial charge is 0.305 e. The van der Waals surface area contributed by atoms with Crippen LogP contribution in [0.15, 0.2) is 17.3 Å². The van der Waals surface area contributed by atoms with Crippen LogP contribution in [0.4, 0.5) is 0 Å². The quantitative estimate of drug-likeness (QED) is 0.452. The third-order valence-corrected chi connectivity index (χ3v) is 3.20. The number of ether oxygens (including phenoxy) is 1. The summed E-state index contributed by atoms with van der Waals surface area (Å²) in [4.78, 5) is 16.9. The first-order valence-corrected chi connectivity index (χ1v) is 6.81. The molecule has 0 unspecified atom stereocenters. The van der Waals surface area contributed by atoms with Gasteiger partial charge in [-0.3, -0.25) is 14.3 Å². The van der Waals surface area contributed by atoms with Gasteiger partial charge in [0.2, 0.25) is 0 Å². The van der Waals surface area contributed by atoms with Gasteiger partial charge in [0, 0.05) is 13.3 Å². The fourth-order valence-corrected chi connectivity index (χ4v) is 1.89. The summed E-state index contributed by atoms with van der Waals surface area (Å²) < 4.78 is 29.3. The molecule has 0 atom stereocenters. The average Bonchev–Trinajstić information content (AvgIpc) is 2.82. The number of aromatic nitrogens is 2. The van der Waals surface area contributed by atoms with Gasteiger partial charge >= 0.3 is 5.97 Å². The van der Waals surface area contributed by atoms with Gasteiger partial charge in [0.25, 0.3) is 10.0 Å². The van der Waals surface area contributed by atoms with Crippen molar-refractivity contribution < 1.29 is 27.9 Å². The molecule has 0 fully saturated rings. The summed E-state index contributed by atoms with van der Waals surface area (Å²) in [6, 6.07) is 0. The lowest BCUT2D eigenvalue weighted by Gasteiger charge is -2.04. The van der Waals surface area contributed by atoms with Crippen LogP contribution in [-0.4, -0.2) is 49.6 Å². The molecule has 1 aromatic rings. The Bertz CT molecular complexity index is 512. The van der Waals surface area contributed by atoms with E-state index in [1.807, 2.05) is 4.89 Å². The van der Waals surface area contributed by atoms with Gasteiger partial charge in [-0.15, -0.1) is 0 Å². The monoisotopic (exact) mass is 293 g/mol. The molecule has 0 saturated heterocycles. The number of nitrogens with one attached hydrogen (secondary N) is 1. The molecule has 0 bridgehead atoms. The Morgan fingerprint density at radius 3 is 2.89 bits per heavy atom. The summed E-state index contributed by atoms with van der Waals surface area (Å²) in [5, 5.41) is 12.3. The van der Waals surface area contributed by atoms with Gasteiger partial charge in [-0.2, -0.15) is 5.10 Å². The highest BCUT2D eigenvalue weighted by Gasteiger charge is 2.16. The minimum Gasteiger partial charge on any atom is -0.481 e. The molecule has 0 aliphatic carbocycles. The molecule has 0 aliphatic heterocycles. The Morgan fingerprint density at radius 1 is 1.53 bits per heavy atom. The summed E-state index contributed by atoms with van der Waals surface area (Å²) in [6.45, 7) is 0.415. The van der Waals surface area contributed by atoms with E-state index in [1.165, 1.54) is 18.0 Å². The highest BCUT2D eigenvalue weighted by atomic mass is 32.2. The van der Waals surface area contributed by atoms with Crippen LogP contribution < -0.4 is 4.89 Å². The second-order valence-corrected chi connectivity index (χ2v) is 5.16. The number of carboxylic acid groups (broad SMARTS) is 1. The van der Waals surface area contributed by atoms with Gasteiger partial charge in [0.05, 0.1) is 32.4 Å². The number of hydrogen-bond donors (Lipinski definition) is 2. The van der Waals surface area contributed by atoms with Crippen LogP contribution in [0.25, 0.3) is 0 Å². The summed E-state index contributed by atoms with van der Waals surface area (Å²) in [5.41, 5.74) is 0. The number of carboxylic acids is 1. The lowest BCUT2D eigenvalue weighted by Crippen LogP contribution is -2.25. The van der Waals surface area contributed by atoms with Crippen molar-refractivity contribution in [2.45, 2.75) is 17.9 Å². The molecule has 0 aliphatic rings. The second kappa shape index (κ2) is 7.19. The minimum atomic E-state index is -3.82. The Morgan fingerprint density at radius 2 is 2.26 bits per heavy atom. The molecule has 0 spiro atoms. The van der Waals surface area contributed by atoms with E-state index >= 15 is 0 Å². The molecule has 108 valence electrons. The fraction of sp³-hybridized carbons (Fsp3) is 0.556. The topological polar surface area (TPSA) is 120 Å². The number of methoxy groups -OCH3 is 1. The van der Waals surface area contributed by atoms with Crippen molar-refractivity contribution in [2.24, 2.45) is 0 Å². The molecular weight excluding hydrogens is 278 g/mol. The number of aryl methyl sites for hydroxylation is 1. The molecule has 0 amide bonds. The number of rotatable bonds is 9. The maximum atomic E-state index is 11.7. The Hall–Kier alpha value is -1.49. The van der Waals surface area contributed by atoms with Crippen molar-refractivity contribution in [3.63, 3.8) is 0 Å². The zero-order valence-corrected chi connectivity index (χ0v) is 11.1. The number of sulfonamides is 1. The third kappa shape index (κ3) is 5.34. The van der Waals surface area contributed by atoms with E-state index in [2.05, 4.69) is 9.84 Å². The van der Waals surface area contributed by atoms with E-state index in [9.17, 15) is 13.2 Å². The maximum Gasteiger partial charge on any atom is 0.305 e. The van der Waals surface area contributed by atoms with E-state index in [4.69, 9.17) is 9.94 Å². The lowest BCUT2D eigenvalue weighted by atomic mass is 10.4. The van der Waals surface area contributed by atoms with Crippen LogP contribution in [0, 0.1) is 0 Å². The molecule has 0 saturated carbocycles. The Kier molecular flexibility index (Phi) is 5.89. The molecule has 1 heterocycles. The van der Waals surface area contributed by atoms with Crippen LogP contribution in [0.3, 0.4) is 0 Å². The first kappa shape index (κ1) is 15.6. The largest absolute Gasteiger partial charge is 0.481 e. The van der Waals surface area contributed by atoms with Crippen molar-refractivity contribution in [1.29, 1.82) is 0 Å². The zero-order chi connectivity index (χ0) is 14.3. The molecule has 0 aromatic carbocycles. The minimum absolute atomic E-state index is 0.0723. The summed E-state index contributed by atoms with van der Waals surface area (Å²) in [6.07, 6.45) is 2.20. The van der Waals surface area contributed by atoms with E-state index in [0.29, 0.717) is 0 Å². The van der Waals surface area contributed by atoms with Crippen LogP contribution >= 0.6 is 0 Å². The van der Waals surface area contributed by atoms with Crippen molar-refractivity contribution in [2.75, 3.05) is 20.3 Å². The predicted molar refractivity (Wildman–Crippen MR) is 62.6 cm³/mol. The van der Waals surface area contributed by atoms with Gasteiger partial charge in [-0.05, 0) is 0 Å². The van der Waals surface area contributed by atoms with Crippen molar-refractivity contribution in [1.82, 2.24) is 14.7 Å². The number of aliphatic carboxylic acids is 1. The summed E-state index contributed by atoms with van der Waals surface area (Å²) >= 11 is 0. The van der Waals surface area contributed by atoms with E-state index in [0.717, 1.165) is 6.20 Å². The molecule has 10 heteroatoms. The van der Waals surface area contributed by atoms with Gasteiger partial charge in [0.15, 0.2) is 0 Å².